The van der Waals surface area contributed by atoms with Crippen LogP contribution >= 0.6 is 0 Å². The lowest BCUT2D eigenvalue weighted by Gasteiger charge is -2.22. The Hall–Kier alpha value is -0.610. The quantitative estimate of drug-likeness (QED) is 0.0534. The lowest BCUT2D eigenvalue weighted by molar-refractivity contribution is -0.123. The first kappa shape index (κ1) is 60.4. The second kappa shape index (κ2) is 53.7. The van der Waals surface area contributed by atoms with E-state index in [-0.39, 0.29) is 12.5 Å². The van der Waals surface area contributed by atoms with Crippen LogP contribution in [0.3, 0.4) is 0 Å². The lowest BCUT2D eigenvalue weighted by atomic mass is 10.0. The highest BCUT2D eigenvalue weighted by Crippen LogP contribution is 2.19. The van der Waals surface area contributed by atoms with Gasteiger partial charge in [0.05, 0.1) is 18.8 Å². The Bertz CT molecular complexity index is 803. The van der Waals surface area contributed by atoms with Gasteiger partial charge in [-0.1, -0.05) is 322 Å². The normalized spacial score (nSPS) is 12.7. The Morgan fingerprint density at radius 1 is 0.328 bits per heavy atom. The van der Waals surface area contributed by atoms with Crippen molar-refractivity contribution in [3.05, 3.63) is 0 Å². The van der Waals surface area contributed by atoms with Gasteiger partial charge in [0, 0.05) is 6.42 Å². The maximum absolute atomic E-state index is 12.5. The fourth-order valence-corrected chi connectivity index (χ4v) is 9.48. The molecule has 4 nitrogen and oxygen atoms in total. The van der Waals surface area contributed by atoms with E-state index in [2.05, 4.69) is 19.2 Å². The molecule has 0 aliphatic carbocycles. The Labute approximate surface area is 384 Å². The number of nitrogens with one attached hydrogen (secondary N) is 1. The number of hydrogen-bond donors (Lipinski definition) is 3. The molecule has 0 aliphatic rings. The molecule has 1 amide bonds. The van der Waals surface area contributed by atoms with E-state index >= 15 is 0 Å². The molecule has 61 heavy (non-hydrogen) atoms. The van der Waals surface area contributed by atoms with Gasteiger partial charge in [0.1, 0.15) is 0 Å². The predicted octanol–water partition coefficient (Wildman–Crippen LogP) is 18.8. The van der Waals surface area contributed by atoms with Crippen molar-refractivity contribution in [2.75, 3.05) is 6.61 Å². The van der Waals surface area contributed by atoms with Crippen LogP contribution in [0, 0.1) is 0 Å². The maximum atomic E-state index is 12.5. The van der Waals surface area contributed by atoms with Crippen molar-refractivity contribution < 1.29 is 15.0 Å². The SMILES string of the molecule is CCCCCCCCCCCCCCCCCCCCCCCCCCCCCCCC(O)C(CO)NC(=O)CCCCCCCCCCCCCCCCCCCCCC. The van der Waals surface area contributed by atoms with Gasteiger partial charge in [-0.05, 0) is 12.8 Å². The Kier molecular flexibility index (Phi) is 53.2. The maximum Gasteiger partial charge on any atom is 0.220 e. The summed E-state index contributed by atoms with van der Waals surface area (Å²) < 4.78 is 0. The van der Waals surface area contributed by atoms with Gasteiger partial charge in [-0.2, -0.15) is 0 Å². The average Bonchev–Trinajstić information content (AvgIpc) is 3.26. The van der Waals surface area contributed by atoms with E-state index in [0.717, 1.165) is 25.7 Å². The molecular formula is C57H115NO3. The standard InChI is InChI=1S/C57H115NO3/c1-3-5-7-9-11-13-15-17-19-21-23-25-26-27-28-29-30-31-32-33-34-36-38-40-42-44-46-48-50-52-56(60)55(54-59)58-57(61)53-51-49-47-45-43-41-39-37-35-24-22-20-18-16-14-12-10-8-6-4-2/h55-56,59-60H,3-54H2,1-2H3,(H,58,61). The Balaban J connectivity index is 3.39. The summed E-state index contributed by atoms with van der Waals surface area (Å²) in [6.45, 7) is 4.41. The van der Waals surface area contributed by atoms with Gasteiger partial charge in [0.2, 0.25) is 5.91 Å². The predicted molar refractivity (Wildman–Crippen MR) is 272 cm³/mol. The third-order valence-corrected chi connectivity index (χ3v) is 13.9. The molecule has 3 N–H and O–H groups in total. The van der Waals surface area contributed by atoms with Crippen LogP contribution in [0.2, 0.25) is 0 Å². The van der Waals surface area contributed by atoms with Crippen molar-refractivity contribution in [2.45, 2.75) is 353 Å². The summed E-state index contributed by atoms with van der Waals surface area (Å²) >= 11 is 0. The molecule has 0 radical (unpaired) electrons. The number of hydrogen-bond acceptors (Lipinski definition) is 3. The van der Waals surface area contributed by atoms with E-state index in [1.165, 1.54) is 289 Å². The molecule has 0 aromatic rings. The van der Waals surface area contributed by atoms with E-state index < -0.39 is 12.1 Å². The van der Waals surface area contributed by atoms with E-state index in [1.807, 2.05) is 0 Å². The molecule has 0 heterocycles. The number of unbranched alkanes of at least 4 members (excludes halogenated alkanes) is 47. The summed E-state index contributed by atoms with van der Waals surface area (Å²) in [5.74, 6) is -0.0221. The molecular weight excluding hydrogens is 747 g/mol. The van der Waals surface area contributed by atoms with E-state index in [9.17, 15) is 15.0 Å². The zero-order valence-corrected chi connectivity index (χ0v) is 42.2. The second-order valence-corrected chi connectivity index (χ2v) is 20.1. The van der Waals surface area contributed by atoms with Crippen LogP contribution in [-0.4, -0.2) is 34.9 Å². The number of rotatable bonds is 54. The van der Waals surface area contributed by atoms with Crippen molar-refractivity contribution in [1.29, 1.82) is 0 Å². The molecule has 2 unspecified atom stereocenters. The largest absolute Gasteiger partial charge is 0.394 e. The van der Waals surface area contributed by atoms with Crippen molar-refractivity contribution in [2.24, 2.45) is 0 Å². The van der Waals surface area contributed by atoms with Crippen molar-refractivity contribution >= 4 is 5.91 Å². The zero-order valence-electron chi connectivity index (χ0n) is 42.2. The number of aliphatic hydroxyl groups excluding tert-OH is 2. The molecule has 0 saturated heterocycles. The van der Waals surface area contributed by atoms with Crippen LogP contribution in [0.1, 0.15) is 341 Å². The zero-order chi connectivity index (χ0) is 44.2. The Morgan fingerprint density at radius 3 is 0.738 bits per heavy atom. The van der Waals surface area contributed by atoms with E-state index in [1.54, 1.807) is 0 Å². The molecule has 0 aliphatic heterocycles. The second-order valence-electron chi connectivity index (χ2n) is 20.1. The molecule has 0 aromatic carbocycles. The summed E-state index contributed by atoms with van der Waals surface area (Å²) in [6.07, 6.45) is 68.1. The van der Waals surface area contributed by atoms with Crippen LogP contribution in [0.4, 0.5) is 0 Å². The molecule has 366 valence electrons. The Morgan fingerprint density at radius 2 is 0.525 bits per heavy atom. The summed E-state index contributed by atoms with van der Waals surface area (Å²) in [5.41, 5.74) is 0. The summed E-state index contributed by atoms with van der Waals surface area (Å²) in [5, 5.41) is 23.4. The molecule has 0 saturated carbocycles. The molecule has 4 heteroatoms. The fraction of sp³-hybridized carbons (Fsp3) is 0.982. The fourth-order valence-electron chi connectivity index (χ4n) is 9.48. The topological polar surface area (TPSA) is 69.6 Å². The number of amides is 1. The molecule has 0 rings (SSSR count). The van der Waals surface area contributed by atoms with Crippen LogP contribution in [0.5, 0.6) is 0 Å². The number of carbonyl (C=O) groups excluding carboxylic acids is 1. The molecule has 0 spiro atoms. The van der Waals surface area contributed by atoms with Gasteiger partial charge >= 0.3 is 0 Å². The minimum Gasteiger partial charge on any atom is -0.394 e. The monoisotopic (exact) mass is 862 g/mol. The first-order valence-corrected chi connectivity index (χ1v) is 28.7. The minimum atomic E-state index is -0.655. The third kappa shape index (κ3) is 50.3. The highest BCUT2D eigenvalue weighted by Gasteiger charge is 2.20. The van der Waals surface area contributed by atoms with Crippen LogP contribution in [0.15, 0.2) is 0 Å². The first-order valence-electron chi connectivity index (χ1n) is 28.7. The smallest absolute Gasteiger partial charge is 0.220 e. The van der Waals surface area contributed by atoms with Crippen LogP contribution in [0.25, 0.3) is 0 Å². The number of carbonyl (C=O) groups is 1. The van der Waals surface area contributed by atoms with Gasteiger partial charge in [-0.3, -0.25) is 4.79 Å². The van der Waals surface area contributed by atoms with Gasteiger partial charge in [-0.15, -0.1) is 0 Å². The average molecular weight is 863 g/mol. The molecule has 2 atom stereocenters. The highest BCUT2D eigenvalue weighted by atomic mass is 16.3. The van der Waals surface area contributed by atoms with Crippen molar-refractivity contribution in [1.82, 2.24) is 5.32 Å². The molecule has 0 fully saturated rings. The molecule has 0 bridgehead atoms. The van der Waals surface area contributed by atoms with Crippen LogP contribution < -0.4 is 5.32 Å². The number of aliphatic hydroxyl groups is 2. The van der Waals surface area contributed by atoms with E-state index in [4.69, 9.17) is 0 Å². The van der Waals surface area contributed by atoms with E-state index in [0.29, 0.717) is 12.8 Å². The summed E-state index contributed by atoms with van der Waals surface area (Å²) in [7, 11) is 0. The van der Waals surface area contributed by atoms with Gasteiger partial charge < -0.3 is 15.5 Å². The minimum absolute atomic E-state index is 0.0221. The first-order chi connectivity index (χ1) is 30.2. The molecule has 0 aromatic heterocycles. The van der Waals surface area contributed by atoms with Gasteiger partial charge in [0.25, 0.3) is 0 Å². The highest BCUT2D eigenvalue weighted by molar-refractivity contribution is 5.76. The van der Waals surface area contributed by atoms with Crippen molar-refractivity contribution in [3.8, 4) is 0 Å². The van der Waals surface area contributed by atoms with Crippen LogP contribution in [-0.2, 0) is 4.79 Å². The summed E-state index contributed by atoms with van der Waals surface area (Å²) in [4.78, 5) is 12.5. The third-order valence-electron chi connectivity index (χ3n) is 13.9. The summed E-state index contributed by atoms with van der Waals surface area (Å²) in [6, 6.07) is -0.531. The van der Waals surface area contributed by atoms with Crippen molar-refractivity contribution in [3.63, 3.8) is 0 Å². The lowest BCUT2D eigenvalue weighted by Crippen LogP contribution is -2.45. The van der Waals surface area contributed by atoms with Gasteiger partial charge in [-0.25, -0.2) is 0 Å². The van der Waals surface area contributed by atoms with Gasteiger partial charge in [0.15, 0.2) is 0 Å².